The van der Waals surface area contributed by atoms with Gasteiger partial charge in [-0.25, -0.2) is 4.98 Å². The molecule has 0 aliphatic heterocycles. The molecule has 0 N–H and O–H groups in total. The maximum Gasteiger partial charge on any atom is 0.216 e. The van der Waals surface area contributed by atoms with E-state index in [-0.39, 0.29) is 0 Å². The molecule has 0 saturated heterocycles. The Morgan fingerprint density at radius 3 is 2.54 bits per heavy atom. The van der Waals surface area contributed by atoms with E-state index in [1.165, 1.54) is 0 Å². The zero-order chi connectivity index (χ0) is 20.1. The molecule has 1 heterocycles. The monoisotopic (exact) mass is 374 g/mol. The summed E-state index contributed by atoms with van der Waals surface area (Å²) in [7, 11) is 3.33. The van der Waals surface area contributed by atoms with Crippen molar-refractivity contribution in [2.24, 2.45) is 0 Å². The molecule has 1 atom stereocenters. The number of pyridine rings is 1. The van der Waals surface area contributed by atoms with Crippen LogP contribution < -0.4 is 4.74 Å². The van der Waals surface area contributed by atoms with E-state index < -0.39 is 5.41 Å². The van der Waals surface area contributed by atoms with Gasteiger partial charge in [-0.05, 0) is 48.6 Å². The van der Waals surface area contributed by atoms with Crippen molar-refractivity contribution in [2.45, 2.75) is 38.7 Å². The summed E-state index contributed by atoms with van der Waals surface area (Å²) in [6, 6.07) is 19.0. The molecule has 3 rings (SSSR count). The van der Waals surface area contributed by atoms with Crippen LogP contribution in [0.15, 0.2) is 48.5 Å². The molecule has 0 bridgehead atoms. The van der Waals surface area contributed by atoms with Gasteiger partial charge in [0.05, 0.1) is 30.7 Å². The van der Waals surface area contributed by atoms with Crippen LogP contribution in [0.2, 0.25) is 0 Å². The van der Waals surface area contributed by atoms with E-state index in [4.69, 9.17) is 9.47 Å². The second kappa shape index (κ2) is 8.41. The first-order valence-electron chi connectivity index (χ1n) is 9.49. The Labute approximate surface area is 166 Å². The first-order chi connectivity index (χ1) is 13.5. The van der Waals surface area contributed by atoms with Crippen LogP contribution in [0.5, 0.6) is 5.88 Å². The molecule has 1 aromatic heterocycles. The quantitative estimate of drug-likeness (QED) is 0.585. The van der Waals surface area contributed by atoms with Crippen molar-refractivity contribution in [3.05, 3.63) is 70.8 Å². The molecule has 0 amide bonds. The lowest BCUT2D eigenvalue weighted by Crippen LogP contribution is -2.23. The number of methoxy groups -OCH3 is 2. The van der Waals surface area contributed by atoms with Crippen molar-refractivity contribution in [2.75, 3.05) is 14.2 Å². The van der Waals surface area contributed by atoms with E-state index in [1.54, 1.807) is 14.2 Å². The third-order valence-electron chi connectivity index (χ3n) is 5.18. The largest absolute Gasteiger partial charge is 0.481 e. The Kier molecular flexibility index (Phi) is 5.96. The van der Waals surface area contributed by atoms with Crippen LogP contribution in [0, 0.1) is 11.3 Å². The zero-order valence-corrected chi connectivity index (χ0v) is 17.0. The van der Waals surface area contributed by atoms with Gasteiger partial charge in [0.25, 0.3) is 0 Å². The van der Waals surface area contributed by atoms with Gasteiger partial charge in [-0.1, -0.05) is 43.3 Å². The van der Waals surface area contributed by atoms with Gasteiger partial charge in [0.15, 0.2) is 0 Å². The number of benzene rings is 2. The summed E-state index contributed by atoms with van der Waals surface area (Å²) >= 11 is 0. The number of rotatable bonds is 7. The van der Waals surface area contributed by atoms with E-state index in [1.807, 2.05) is 37.3 Å². The first-order valence-corrected chi connectivity index (χ1v) is 9.49. The van der Waals surface area contributed by atoms with Gasteiger partial charge >= 0.3 is 0 Å². The highest BCUT2D eigenvalue weighted by atomic mass is 16.5. The van der Waals surface area contributed by atoms with Gasteiger partial charge in [-0.3, -0.25) is 0 Å². The summed E-state index contributed by atoms with van der Waals surface area (Å²) in [5.41, 5.74) is 4.46. The highest BCUT2D eigenvalue weighted by Crippen LogP contribution is 2.31. The third kappa shape index (κ3) is 4.00. The number of nitriles is 1. The Morgan fingerprint density at radius 1 is 1.07 bits per heavy atom. The molecule has 1 unspecified atom stereocenters. The molecule has 28 heavy (non-hydrogen) atoms. The lowest BCUT2D eigenvalue weighted by molar-refractivity contribution is 0.185. The minimum absolute atomic E-state index is 0.566. The fraction of sp³-hybridized carbons (Fsp3) is 0.333. The molecule has 3 aromatic rings. The first kappa shape index (κ1) is 19.9. The lowest BCUT2D eigenvalue weighted by atomic mass is 9.78. The molecule has 0 saturated carbocycles. The van der Waals surface area contributed by atoms with Crippen molar-refractivity contribution in [1.82, 2.24) is 4.98 Å². The second-order valence-corrected chi connectivity index (χ2v) is 7.29. The Bertz CT molecular complexity index is 1020. The fourth-order valence-electron chi connectivity index (χ4n) is 3.58. The maximum absolute atomic E-state index is 10.0. The van der Waals surface area contributed by atoms with Crippen LogP contribution in [0.25, 0.3) is 10.9 Å². The number of ether oxygens (including phenoxy) is 2. The molecule has 0 aliphatic rings. The summed E-state index contributed by atoms with van der Waals surface area (Å²) < 4.78 is 10.7. The Balaban J connectivity index is 2.00. The predicted molar refractivity (Wildman–Crippen MR) is 111 cm³/mol. The topological polar surface area (TPSA) is 55.1 Å². The van der Waals surface area contributed by atoms with E-state index in [0.717, 1.165) is 39.6 Å². The van der Waals surface area contributed by atoms with Crippen LogP contribution in [-0.2, 0) is 29.6 Å². The van der Waals surface area contributed by atoms with E-state index in [2.05, 4.69) is 36.2 Å². The van der Waals surface area contributed by atoms with Gasteiger partial charge < -0.3 is 9.47 Å². The number of aromatic nitrogens is 1. The predicted octanol–water partition coefficient (Wildman–Crippen LogP) is 4.98. The van der Waals surface area contributed by atoms with Crippen molar-refractivity contribution >= 4 is 10.9 Å². The second-order valence-electron chi connectivity index (χ2n) is 7.29. The summed E-state index contributed by atoms with van der Waals surface area (Å²) in [6.45, 7) is 4.63. The van der Waals surface area contributed by atoms with E-state index in [9.17, 15) is 5.26 Å². The number of hydrogen-bond donors (Lipinski definition) is 0. The fourth-order valence-corrected chi connectivity index (χ4v) is 3.58. The molecular weight excluding hydrogens is 348 g/mol. The van der Waals surface area contributed by atoms with Gasteiger partial charge in [-0.2, -0.15) is 5.26 Å². The number of fused-ring (bicyclic) bond motifs is 1. The zero-order valence-electron chi connectivity index (χ0n) is 17.0. The highest BCUT2D eigenvalue weighted by molar-refractivity contribution is 5.81. The van der Waals surface area contributed by atoms with Gasteiger partial charge in [0, 0.05) is 18.1 Å². The van der Waals surface area contributed by atoms with Crippen LogP contribution in [0.4, 0.5) is 0 Å². The molecule has 4 nitrogen and oxygen atoms in total. The van der Waals surface area contributed by atoms with E-state index in [0.29, 0.717) is 18.9 Å². The maximum atomic E-state index is 10.0. The summed E-state index contributed by atoms with van der Waals surface area (Å²) in [6.07, 6.45) is 1.48. The standard InChI is InChI=1S/C24H26N2O2/c1-5-19-12-20-9-10-21(13-22(20)26-23(19)28-4)24(2,16-25)14-17-7-6-8-18(11-17)15-27-3/h6-13H,5,14-15H2,1-4H3. The Hall–Kier alpha value is -2.90. The number of aryl methyl sites for hydroxylation is 1. The molecule has 0 aliphatic carbocycles. The minimum atomic E-state index is -0.655. The molecule has 2 aromatic carbocycles. The molecular formula is C24H26N2O2. The van der Waals surface area contributed by atoms with Crippen molar-refractivity contribution in [3.8, 4) is 11.9 Å². The Morgan fingerprint density at radius 2 is 1.86 bits per heavy atom. The van der Waals surface area contributed by atoms with Crippen molar-refractivity contribution in [3.63, 3.8) is 0 Å². The molecule has 4 heteroatoms. The summed E-state index contributed by atoms with van der Waals surface area (Å²) in [5, 5.41) is 11.1. The number of nitrogens with zero attached hydrogens (tertiary/aromatic N) is 2. The van der Waals surface area contributed by atoms with Crippen molar-refractivity contribution in [1.29, 1.82) is 5.26 Å². The molecule has 144 valence electrons. The van der Waals surface area contributed by atoms with Crippen LogP contribution in [0.1, 0.15) is 36.1 Å². The van der Waals surface area contributed by atoms with Gasteiger partial charge in [-0.15, -0.1) is 0 Å². The third-order valence-corrected chi connectivity index (χ3v) is 5.18. The average molecular weight is 374 g/mol. The SMILES string of the molecule is CCc1cc2ccc(C(C)(C#N)Cc3cccc(COC)c3)cc2nc1OC. The molecule has 0 spiro atoms. The number of hydrogen-bond acceptors (Lipinski definition) is 4. The van der Waals surface area contributed by atoms with Crippen LogP contribution in [-0.4, -0.2) is 19.2 Å². The van der Waals surface area contributed by atoms with Gasteiger partial charge in [0.2, 0.25) is 5.88 Å². The summed E-state index contributed by atoms with van der Waals surface area (Å²) in [5.74, 6) is 0.651. The minimum Gasteiger partial charge on any atom is -0.481 e. The highest BCUT2D eigenvalue weighted by Gasteiger charge is 2.27. The summed E-state index contributed by atoms with van der Waals surface area (Å²) in [4.78, 5) is 4.67. The van der Waals surface area contributed by atoms with Crippen LogP contribution in [0.3, 0.4) is 0 Å². The molecule has 0 radical (unpaired) electrons. The van der Waals surface area contributed by atoms with Crippen LogP contribution >= 0.6 is 0 Å². The lowest BCUT2D eigenvalue weighted by Gasteiger charge is -2.23. The molecule has 0 fully saturated rings. The van der Waals surface area contributed by atoms with Crippen molar-refractivity contribution < 1.29 is 9.47 Å². The average Bonchev–Trinajstić information content (AvgIpc) is 2.72. The smallest absolute Gasteiger partial charge is 0.216 e. The van der Waals surface area contributed by atoms with E-state index >= 15 is 0 Å². The normalized spacial score (nSPS) is 13.1. The van der Waals surface area contributed by atoms with Gasteiger partial charge in [0.1, 0.15) is 0 Å².